The molecule has 0 amide bonds. The third-order valence-corrected chi connectivity index (χ3v) is 3.64. The van der Waals surface area contributed by atoms with Gasteiger partial charge in [-0.1, -0.05) is 29.5 Å². The lowest BCUT2D eigenvalue weighted by atomic mass is 10.2. The van der Waals surface area contributed by atoms with Crippen molar-refractivity contribution in [2.45, 2.75) is 6.04 Å². The van der Waals surface area contributed by atoms with Crippen LogP contribution in [0.4, 0.5) is 0 Å². The Labute approximate surface area is 103 Å². The van der Waals surface area contributed by atoms with Gasteiger partial charge in [0, 0.05) is 4.88 Å². The Hall–Kier alpha value is -1.94. The molecule has 1 aromatic carbocycles. The van der Waals surface area contributed by atoms with Gasteiger partial charge >= 0.3 is 0 Å². The number of para-hydroxylation sites is 1. The second-order valence-electron chi connectivity index (χ2n) is 3.72. The number of benzene rings is 1. The molecule has 3 rings (SSSR count). The van der Waals surface area contributed by atoms with Gasteiger partial charge in [0.05, 0.1) is 5.52 Å². The third-order valence-electron chi connectivity index (χ3n) is 2.70. The Bertz CT molecular complexity index is 640. The van der Waals surface area contributed by atoms with E-state index in [0.717, 1.165) is 11.0 Å². The minimum Gasteiger partial charge on any atom is -0.232 e. The van der Waals surface area contributed by atoms with Crippen LogP contribution in [0.15, 0.2) is 54.4 Å². The molecule has 4 heteroatoms. The smallest absolute Gasteiger partial charge is 0.113 e. The molecule has 0 radical (unpaired) electrons. The highest BCUT2D eigenvalue weighted by Gasteiger charge is 2.14. The number of aromatic nitrogens is 3. The van der Waals surface area contributed by atoms with Crippen LogP contribution in [0.5, 0.6) is 0 Å². The SMILES string of the molecule is C=CC(c1cccs1)n1nnc2ccccc21. The number of fused-ring (bicyclic) bond motifs is 1. The fraction of sp³-hybridized carbons (Fsp3) is 0.0769. The Morgan fingerprint density at radius 1 is 1.24 bits per heavy atom. The van der Waals surface area contributed by atoms with Crippen molar-refractivity contribution in [2.75, 3.05) is 0 Å². The van der Waals surface area contributed by atoms with Crippen molar-refractivity contribution in [3.05, 3.63) is 59.3 Å². The van der Waals surface area contributed by atoms with Gasteiger partial charge in [-0.15, -0.1) is 23.0 Å². The third kappa shape index (κ3) is 1.66. The molecular weight excluding hydrogens is 230 g/mol. The van der Waals surface area contributed by atoms with E-state index in [1.165, 1.54) is 4.88 Å². The molecule has 2 aromatic heterocycles. The van der Waals surface area contributed by atoms with Crippen molar-refractivity contribution >= 4 is 22.4 Å². The zero-order chi connectivity index (χ0) is 11.7. The molecule has 0 saturated carbocycles. The first-order valence-electron chi connectivity index (χ1n) is 5.36. The number of allylic oxidation sites excluding steroid dienone is 1. The Morgan fingerprint density at radius 2 is 2.12 bits per heavy atom. The van der Waals surface area contributed by atoms with Crippen LogP contribution in [-0.4, -0.2) is 15.0 Å². The minimum atomic E-state index is 0.0578. The fourth-order valence-corrected chi connectivity index (χ4v) is 2.70. The molecular formula is C13H11N3S. The van der Waals surface area contributed by atoms with Crippen LogP contribution < -0.4 is 0 Å². The van der Waals surface area contributed by atoms with Gasteiger partial charge in [-0.05, 0) is 23.6 Å². The molecule has 1 atom stereocenters. The largest absolute Gasteiger partial charge is 0.232 e. The summed E-state index contributed by atoms with van der Waals surface area (Å²) in [5.74, 6) is 0. The number of hydrogen-bond donors (Lipinski definition) is 0. The summed E-state index contributed by atoms with van der Waals surface area (Å²) < 4.78 is 1.91. The molecule has 17 heavy (non-hydrogen) atoms. The molecule has 0 aliphatic heterocycles. The lowest BCUT2D eigenvalue weighted by Crippen LogP contribution is -2.08. The highest BCUT2D eigenvalue weighted by molar-refractivity contribution is 7.10. The predicted molar refractivity (Wildman–Crippen MR) is 70.2 cm³/mol. The topological polar surface area (TPSA) is 30.7 Å². The van der Waals surface area contributed by atoms with Gasteiger partial charge in [0.2, 0.25) is 0 Å². The van der Waals surface area contributed by atoms with E-state index in [9.17, 15) is 0 Å². The molecule has 1 unspecified atom stereocenters. The highest BCUT2D eigenvalue weighted by Crippen LogP contribution is 2.26. The second-order valence-corrected chi connectivity index (χ2v) is 4.70. The second kappa shape index (κ2) is 4.14. The van der Waals surface area contributed by atoms with Gasteiger partial charge in [0.15, 0.2) is 0 Å². The van der Waals surface area contributed by atoms with E-state index in [2.05, 4.69) is 28.3 Å². The molecule has 0 aliphatic carbocycles. The first-order chi connectivity index (χ1) is 8.40. The van der Waals surface area contributed by atoms with Crippen molar-refractivity contribution in [2.24, 2.45) is 0 Å². The first-order valence-corrected chi connectivity index (χ1v) is 6.24. The molecule has 0 aliphatic rings. The van der Waals surface area contributed by atoms with Gasteiger partial charge in [0.25, 0.3) is 0 Å². The molecule has 0 saturated heterocycles. The van der Waals surface area contributed by atoms with E-state index in [-0.39, 0.29) is 6.04 Å². The summed E-state index contributed by atoms with van der Waals surface area (Å²) in [6, 6.07) is 12.1. The molecule has 0 N–H and O–H groups in total. The molecule has 0 bridgehead atoms. The van der Waals surface area contributed by atoms with Gasteiger partial charge in [-0.2, -0.15) is 0 Å². The van der Waals surface area contributed by atoms with E-state index < -0.39 is 0 Å². The van der Waals surface area contributed by atoms with Crippen molar-refractivity contribution in [1.29, 1.82) is 0 Å². The first kappa shape index (κ1) is 10.2. The normalized spacial score (nSPS) is 12.7. The summed E-state index contributed by atoms with van der Waals surface area (Å²) in [5, 5.41) is 10.5. The standard InChI is InChI=1S/C13H11N3S/c1-2-11(13-8-5-9-17-13)16-12-7-4-3-6-10(12)14-15-16/h2-9,11H,1H2. The molecule has 3 nitrogen and oxygen atoms in total. The van der Waals surface area contributed by atoms with Gasteiger partial charge in [-0.3, -0.25) is 0 Å². The Kier molecular flexibility index (Phi) is 2.49. The van der Waals surface area contributed by atoms with Gasteiger partial charge in [-0.25, -0.2) is 4.68 Å². The van der Waals surface area contributed by atoms with E-state index >= 15 is 0 Å². The number of hydrogen-bond acceptors (Lipinski definition) is 3. The average molecular weight is 241 g/mol. The maximum atomic E-state index is 4.22. The Morgan fingerprint density at radius 3 is 2.88 bits per heavy atom. The van der Waals surface area contributed by atoms with Crippen LogP contribution in [0.2, 0.25) is 0 Å². The van der Waals surface area contributed by atoms with Crippen LogP contribution in [0.1, 0.15) is 10.9 Å². The Balaban J connectivity index is 2.17. The van der Waals surface area contributed by atoms with Crippen LogP contribution in [0.3, 0.4) is 0 Å². The minimum absolute atomic E-state index is 0.0578. The zero-order valence-corrected chi connectivity index (χ0v) is 9.97. The summed E-state index contributed by atoms with van der Waals surface area (Å²) in [4.78, 5) is 1.22. The van der Waals surface area contributed by atoms with E-state index in [1.54, 1.807) is 11.3 Å². The summed E-state index contributed by atoms with van der Waals surface area (Å²) in [6.07, 6.45) is 1.90. The van der Waals surface area contributed by atoms with E-state index in [4.69, 9.17) is 0 Å². The van der Waals surface area contributed by atoms with Crippen molar-refractivity contribution in [3.8, 4) is 0 Å². The summed E-state index contributed by atoms with van der Waals surface area (Å²) in [5.41, 5.74) is 1.95. The van der Waals surface area contributed by atoms with Gasteiger partial charge in [0.1, 0.15) is 11.6 Å². The molecule has 84 valence electrons. The van der Waals surface area contributed by atoms with Crippen LogP contribution in [0.25, 0.3) is 11.0 Å². The number of rotatable bonds is 3. The molecule has 3 aromatic rings. The van der Waals surface area contributed by atoms with Crippen LogP contribution in [-0.2, 0) is 0 Å². The summed E-state index contributed by atoms with van der Waals surface area (Å²) in [6.45, 7) is 3.90. The lowest BCUT2D eigenvalue weighted by molar-refractivity contribution is 0.611. The molecule has 0 spiro atoms. The zero-order valence-electron chi connectivity index (χ0n) is 9.15. The number of thiophene rings is 1. The van der Waals surface area contributed by atoms with Crippen molar-refractivity contribution in [1.82, 2.24) is 15.0 Å². The van der Waals surface area contributed by atoms with Crippen molar-refractivity contribution in [3.63, 3.8) is 0 Å². The van der Waals surface area contributed by atoms with Crippen LogP contribution >= 0.6 is 11.3 Å². The lowest BCUT2D eigenvalue weighted by Gasteiger charge is -2.11. The fourth-order valence-electron chi connectivity index (χ4n) is 1.89. The average Bonchev–Trinajstić information content (AvgIpc) is 3.01. The van der Waals surface area contributed by atoms with Crippen molar-refractivity contribution < 1.29 is 0 Å². The quantitative estimate of drug-likeness (QED) is 0.659. The van der Waals surface area contributed by atoms with Gasteiger partial charge < -0.3 is 0 Å². The highest BCUT2D eigenvalue weighted by atomic mass is 32.1. The van der Waals surface area contributed by atoms with E-state index in [1.807, 2.05) is 41.1 Å². The van der Waals surface area contributed by atoms with Crippen LogP contribution in [0, 0.1) is 0 Å². The maximum absolute atomic E-state index is 4.22. The summed E-state index contributed by atoms with van der Waals surface area (Å²) >= 11 is 1.70. The van der Waals surface area contributed by atoms with E-state index in [0.29, 0.717) is 0 Å². The molecule has 2 heterocycles. The predicted octanol–water partition coefficient (Wildman–Crippen LogP) is 3.27. The summed E-state index contributed by atoms with van der Waals surface area (Å²) in [7, 11) is 0. The monoisotopic (exact) mass is 241 g/mol. The molecule has 0 fully saturated rings. The maximum Gasteiger partial charge on any atom is 0.113 e. The number of nitrogens with zero attached hydrogens (tertiary/aromatic N) is 3.